The Balaban J connectivity index is 2.09. The zero-order chi connectivity index (χ0) is 10.1. The van der Waals surface area contributed by atoms with E-state index in [1.807, 2.05) is 14.0 Å². The molecule has 2 N–H and O–H groups in total. The minimum absolute atomic E-state index is 0.704. The van der Waals surface area contributed by atoms with Gasteiger partial charge in [0.25, 0.3) is 0 Å². The Morgan fingerprint density at radius 3 is 2.79 bits per heavy atom. The maximum absolute atomic E-state index is 5.91. The van der Waals surface area contributed by atoms with Crippen molar-refractivity contribution >= 4 is 5.69 Å². The van der Waals surface area contributed by atoms with Crippen molar-refractivity contribution in [1.82, 2.24) is 9.78 Å². The van der Waals surface area contributed by atoms with Gasteiger partial charge in [0, 0.05) is 7.05 Å². The highest BCUT2D eigenvalue weighted by Gasteiger charge is 2.23. The number of hydrogen-bond donors (Lipinski definition) is 1. The molecule has 0 bridgehead atoms. The van der Waals surface area contributed by atoms with Gasteiger partial charge in [-0.05, 0) is 25.2 Å². The predicted molar refractivity (Wildman–Crippen MR) is 55.2 cm³/mol. The molecule has 78 valence electrons. The number of nitrogen functional groups attached to an aromatic ring is 1. The van der Waals surface area contributed by atoms with E-state index in [4.69, 9.17) is 10.5 Å². The van der Waals surface area contributed by atoms with Crippen LogP contribution in [-0.4, -0.2) is 16.4 Å². The van der Waals surface area contributed by atoms with Crippen molar-refractivity contribution in [3.63, 3.8) is 0 Å². The molecule has 1 fully saturated rings. The van der Waals surface area contributed by atoms with Crippen LogP contribution in [0.25, 0.3) is 0 Å². The van der Waals surface area contributed by atoms with Gasteiger partial charge in [-0.25, -0.2) is 4.68 Å². The second kappa shape index (κ2) is 3.52. The van der Waals surface area contributed by atoms with E-state index in [0.717, 1.165) is 30.5 Å². The molecule has 0 saturated heterocycles. The normalized spacial score (nSPS) is 15.9. The van der Waals surface area contributed by atoms with Gasteiger partial charge in [0.15, 0.2) is 0 Å². The summed E-state index contributed by atoms with van der Waals surface area (Å²) in [5, 5.41) is 4.29. The van der Waals surface area contributed by atoms with E-state index in [-0.39, 0.29) is 0 Å². The van der Waals surface area contributed by atoms with Crippen molar-refractivity contribution in [3.8, 4) is 5.88 Å². The topological polar surface area (TPSA) is 53.1 Å². The lowest BCUT2D eigenvalue weighted by Gasteiger charge is -2.05. The average Bonchev–Trinajstić information content (AvgIpc) is 2.93. The molecule has 1 aliphatic carbocycles. The zero-order valence-electron chi connectivity index (χ0n) is 8.79. The summed E-state index contributed by atoms with van der Waals surface area (Å²) in [5.74, 6) is 1.48. The van der Waals surface area contributed by atoms with Gasteiger partial charge in [-0.1, -0.05) is 6.92 Å². The first-order valence-electron chi connectivity index (χ1n) is 5.16. The molecule has 1 aromatic rings. The summed E-state index contributed by atoms with van der Waals surface area (Å²) in [6.45, 7) is 2.83. The molecule has 4 heteroatoms. The van der Waals surface area contributed by atoms with E-state index in [2.05, 4.69) is 5.10 Å². The Morgan fingerprint density at radius 2 is 2.29 bits per heavy atom. The van der Waals surface area contributed by atoms with Crippen LogP contribution < -0.4 is 10.5 Å². The van der Waals surface area contributed by atoms with Crippen LogP contribution in [0, 0.1) is 5.92 Å². The third-order valence-corrected chi connectivity index (χ3v) is 2.59. The Bertz CT molecular complexity index is 328. The van der Waals surface area contributed by atoms with Gasteiger partial charge in [0.1, 0.15) is 5.69 Å². The van der Waals surface area contributed by atoms with Crippen molar-refractivity contribution in [1.29, 1.82) is 0 Å². The van der Waals surface area contributed by atoms with Crippen LogP contribution >= 0.6 is 0 Å². The molecule has 0 aliphatic heterocycles. The molecule has 4 nitrogen and oxygen atoms in total. The maximum Gasteiger partial charge on any atom is 0.235 e. The fourth-order valence-electron chi connectivity index (χ4n) is 1.49. The third kappa shape index (κ3) is 1.69. The molecule has 1 aliphatic rings. The van der Waals surface area contributed by atoms with Crippen LogP contribution in [0.2, 0.25) is 0 Å². The summed E-state index contributed by atoms with van der Waals surface area (Å²) < 4.78 is 7.38. The van der Waals surface area contributed by atoms with E-state index in [1.165, 1.54) is 12.8 Å². The largest absolute Gasteiger partial charge is 0.476 e. The summed E-state index contributed by atoms with van der Waals surface area (Å²) in [7, 11) is 1.87. The van der Waals surface area contributed by atoms with Gasteiger partial charge in [-0.3, -0.25) is 0 Å². The van der Waals surface area contributed by atoms with Crippen LogP contribution in [0.5, 0.6) is 5.88 Å². The minimum atomic E-state index is 0.704. The van der Waals surface area contributed by atoms with Crippen LogP contribution in [0.3, 0.4) is 0 Å². The smallest absolute Gasteiger partial charge is 0.235 e. The highest BCUT2D eigenvalue weighted by molar-refractivity contribution is 5.53. The molecule has 0 aromatic carbocycles. The molecule has 1 heterocycles. The van der Waals surface area contributed by atoms with Crippen molar-refractivity contribution in [2.24, 2.45) is 13.0 Å². The standard InChI is InChI=1S/C10H17N3O/c1-3-8-9(11)10(13(2)12-8)14-6-7-4-5-7/h7H,3-6,11H2,1-2H3. The first-order valence-corrected chi connectivity index (χ1v) is 5.16. The van der Waals surface area contributed by atoms with Crippen molar-refractivity contribution in [3.05, 3.63) is 5.69 Å². The van der Waals surface area contributed by atoms with E-state index in [0.29, 0.717) is 5.69 Å². The van der Waals surface area contributed by atoms with E-state index >= 15 is 0 Å². The third-order valence-electron chi connectivity index (χ3n) is 2.59. The molecule has 0 atom stereocenters. The Morgan fingerprint density at radius 1 is 1.57 bits per heavy atom. The van der Waals surface area contributed by atoms with Crippen molar-refractivity contribution in [2.45, 2.75) is 26.2 Å². The second-order valence-corrected chi connectivity index (χ2v) is 3.90. The Kier molecular flexibility index (Phi) is 2.35. The molecular weight excluding hydrogens is 178 g/mol. The SMILES string of the molecule is CCc1nn(C)c(OCC2CC2)c1N. The number of ether oxygens (including phenoxy) is 1. The summed E-state index contributed by atoms with van der Waals surface area (Å²) >= 11 is 0. The highest BCUT2D eigenvalue weighted by Crippen LogP contribution is 2.31. The number of nitrogens with zero attached hydrogens (tertiary/aromatic N) is 2. The average molecular weight is 195 g/mol. The molecule has 0 radical (unpaired) electrons. The monoisotopic (exact) mass is 195 g/mol. The van der Waals surface area contributed by atoms with Crippen molar-refractivity contribution in [2.75, 3.05) is 12.3 Å². The van der Waals surface area contributed by atoms with Crippen LogP contribution in [0.15, 0.2) is 0 Å². The molecule has 0 unspecified atom stereocenters. The highest BCUT2D eigenvalue weighted by atomic mass is 16.5. The van der Waals surface area contributed by atoms with Gasteiger partial charge in [0.2, 0.25) is 5.88 Å². The number of hydrogen-bond acceptors (Lipinski definition) is 3. The number of nitrogens with two attached hydrogens (primary N) is 1. The van der Waals surface area contributed by atoms with Crippen LogP contribution in [0.4, 0.5) is 5.69 Å². The molecule has 1 aromatic heterocycles. The van der Waals surface area contributed by atoms with E-state index in [9.17, 15) is 0 Å². The summed E-state index contributed by atoms with van der Waals surface area (Å²) in [5.41, 5.74) is 7.55. The first-order chi connectivity index (χ1) is 6.72. The van der Waals surface area contributed by atoms with Gasteiger partial charge < -0.3 is 10.5 Å². The lowest BCUT2D eigenvalue weighted by molar-refractivity contribution is 0.276. The summed E-state index contributed by atoms with van der Waals surface area (Å²) in [6.07, 6.45) is 3.43. The quantitative estimate of drug-likeness (QED) is 0.789. The lowest BCUT2D eigenvalue weighted by Crippen LogP contribution is -2.05. The van der Waals surface area contributed by atoms with E-state index in [1.54, 1.807) is 4.68 Å². The molecule has 14 heavy (non-hydrogen) atoms. The molecule has 0 amide bonds. The molecular formula is C10H17N3O. The van der Waals surface area contributed by atoms with Gasteiger partial charge in [-0.15, -0.1) is 0 Å². The summed E-state index contributed by atoms with van der Waals surface area (Å²) in [6, 6.07) is 0. The van der Waals surface area contributed by atoms with Crippen molar-refractivity contribution < 1.29 is 4.74 Å². The molecule has 1 saturated carbocycles. The summed E-state index contributed by atoms with van der Waals surface area (Å²) in [4.78, 5) is 0. The van der Waals surface area contributed by atoms with Crippen LogP contribution in [0.1, 0.15) is 25.5 Å². The molecule has 0 spiro atoms. The molecule has 2 rings (SSSR count). The lowest BCUT2D eigenvalue weighted by atomic mass is 10.3. The number of aryl methyl sites for hydroxylation is 2. The fourth-order valence-corrected chi connectivity index (χ4v) is 1.49. The number of anilines is 1. The Labute approximate surface area is 84.0 Å². The van der Waals surface area contributed by atoms with Gasteiger partial charge in [-0.2, -0.15) is 5.10 Å². The fraction of sp³-hybridized carbons (Fsp3) is 0.700. The predicted octanol–water partition coefficient (Wildman–Crippen LogP) is 1.35. The maximum atomic E-state index is 5.91. The van der Waals surface area contributed by atoms with Crippen LogP contribution in [-0.2, 0) is 13.5 Å². The number of aromatic nitrogens is 2. The van der Waals surface area contributed by atoms with Gasteiger partial charge in [0.05, 0.1) is 12.3 Å². The zero-order valence-corrected chi connectivity index (χ0v) is 8.79. The first kappa shape index (κ1) is 9.37. The minimum Gasteiger partial charge on any atom is -0.476 e. The van der Waals surface area contributed by atoms with E-state index < -0.39 is 0 Å². The second-order valence-electron chi connectivity index (χ2n) is 3.90. The number of rotatable bonds is 4. The van der Waals surface area contributed by atoms with Gasteiger partial charge >= 0.3 is 0 Å². The Hall–Kier alpha value is -1.19.